The Morgan fingerprint density at radius 1 is 1.40 bits per heavy atom. The van der Waals surface area contributed by atoms with Crippen LogP contribution >= 0.6 is 23.5 Å². The Balaban J connectivity index is 1.97. The van der Waals surface area contributed by atoms with E-state index in [1.165, 1.54) is 11.3 Å². The number of nitrogens with one attached hydrogen (secondary N) is 1. The van der Waals surface area contributed by atoms with Crippen LogP contribution in [0.2, 0.25) is 0 Å². The van der Waals surface area contributed by atoms with Crippen molar-refractivity contribution in [3.8, 4) is 11.4 Å². The number of anilines is 1. The second kappa shape index (κ2) is 9.45. The van der Waals surface area contributed by atoms with Gasteiger partial charge in [0.1, 0.15) is 12.4 Å². The lowest BCUT2D eigenvalue weighted by atomic mass is 10.2. The van der Waals surface area contributed by atoms with Crippen molar-refractivity contribution in [2.24, 2.45) is 0 Å². The minimum absolute atomic E-state index is 0.0377. The zero-order chi connectivity index (χ0) is 21.8. The van der Waals surface area contributed by atoms with Crippen LogP contribution in [0.25, 0.3) is 16.5 Å². The van der Waals surface area contributed by atoms with Crippen LogP contribution in [0.15, 0.2) is 34.4 Å². The molecule has 0 spiro atoms. The maximum Gasteiger partial charge on any atom is 0.282 e. The number of aliphatic hydroxyl groups is 1. The summed E-state index contributed by atoms with van der Waals surface area (Å²) in [6, 6.07) is 6.27. The van der Waals surface area contributed by atoms with Crippen molar-refractivity contribution in [2.75, 3.05) is 18.1 Å². The summed E-state index contributed by atoms with van der Waals surface area (Å²) in [5.74, 6) is -0.0504. The maximum atomic E-state index is 13.0. The van der Waals surface area contributed by atoms with E-state index < -0.39 is 17.6 Å². The van der Waals surface area contributed by atoms with Crippen LogP contribution in [0.1, 0.15) is 24.3 Å². The summed E-state index contributed by atoms with van der Waals surface area (Å²) in [6.07, 6.45) is -0.935. The SMILES string of the molecule is CC(C)NC(=O)c1nn(-c2ccc(OCC(O)CSF)cc2)c(=O)c2c(N)scc12. The molecule has 1 unspecified atom stereocenters. The van der Waals surface area contributed by atoms with Crippen molar-refractivity contribution in [1.29, 1.82) is 0 Å². The molecule has 11 heteroatoms. The summed E-state index contributed by atoms with van der Waals surface area (Å²) in [5, 5.41) is 19.2. The van der Waals surface area contributed by atoms with Crippen LogP contribution in [-0.4, -0.2) is 45.3 Å². The molecule has 3 rings (SSSR count). The molecule has 0 saturated carbocycles. The largest absolute Gasteiger partial charge is 0.491 e. The van der Waals surface area contributed by atoms with Crippen molar-refractivity contribution in [3.05, 3.63) is 45.7 Å². The van der Waals surface area contributed by atoms with Crippen LogP contribution in [-0.2, 0) is 0 Å². The minimum Gasteiger partial charge on any atom is -0.491 e. The standard InChI is InChI=1S/C19H21FN4O4S2/c1-10(2)22-18(26)16-14-9-29-17(21)15(14)19(27)24(23-16)11-3-5-13(6-4-11)28-7-12(25)8-30-20/h3-6,9-10,12,25H,7-8,21H2,1-2H3,(H,22,26). The van der Waals surface area contributed by atoms with E-state index in [4.69, 9.17) is 10.5 Å². The Hall–Kier alpha value is -2.63. The van der Waals surface area contributed by atoms with E-state index in [1.54, 1.807) is 29.6 Å². The van der Waals surface area contributed by atoms with E-state index in [0.717, 1.165) is 4.68 Å². The molecular formula is C19H21FN4O4S2. The first kappa shape index (κ1) is 22.1. The van der Waals surface area contributed by atoms with Gasteiger partial charge in [-0.05, 0) is 38.1 Å². The van der Waals surface area contributed by atoms with E-state index >= 15 is 0 Å². The summed E-state index contributed by atoms with van der Waals surface area (Å²) < 4.78 is 18.7. The molecule has 1 aromatic carbocycles. The van der Waals surface area contributed by atoms with Crippen LogP contribution in [0.5, 0.6) is 5.75 Å². The molecule has 0 aliphatic heterocycles. The molecule has 0 saturated heterocycles. The summed E-state index contributed by atoms with van der Waals surface area (Å²) in [7, 11) is 0. The molecular weight excluding hydrogens is 431 g/mol. The van der Waals surface area contributed by atoms with E-state index in [-0.39, 0.29) is 41.6 Å². The number of nitrogens with zero attached hydrogens (tertiary/aromatic N) is 2. The van der Waals surface area contributed by atoms with Gasteiger partial charge in [0.25, 0.3) is 11.5 Å². The van der Waals surface area contributed by atoms with Crippen molar-refractivity contribution in [2.45, 2.75) is 26.0 Å². The lowest BCUT2D eigenvalue weighted by molar-refractivity contribution is 0.0938. The molecule has 0 aliphatic rings. The first-order valence-corrected chi connectivity index (χ1v) is 10.8. The lowest BCUT2D eigenvalue weighted by Gasteiger charge is -2.13. The van der Waals surface area contributed by atoms with Gasteiger partial charge in [0, 0.05) is 29.0 Å². The molecule has 0 bridgehead atoms. The normalized spacial score (nSPS) is 12.3. The number of nitrogens with two attached hydrogens (primary N) is 1. The zero-order valence-corrected chi connectivity index (χ0v) is 17.9. The smallest absolute Gasteiger partial charge is 0.282 e. The third-order valence-electron chi connectivity index (χ3n) is 4.09. The summed E-state index contributed by atoms with van der Waals surface area (Å²) in [4.78, 5) is 25.6. The van der Waals surface area contributed by atoms with E-state index in [9.17, 15) is 18.6 Å². The van der Waals surface area contributed by atoms with E-state index in [1.807, 2.05) is 13.8 Å². The topological polar surface area (TPSA) is 119 Å². The van der Waals surface area contributed by atoms with Gasteiger partial charge in [-0.25, -0.2) is 0 Å². The molecule has 4 N–H and O–H groups in total. The number of benzene rings is 1. The minimum atomic E-state index is -0.935. The van der Waals surface area contributed by atoms with Crippen molar-refractivity contribution >= 4 is 45.2 Å². The highest BCUT2D eigenvalue weighted by Crippen LogP contribution is 2.27. The number of thiophene rings is 1. The van der Waals surface area contributed by atoms with E-state index in [0.29, 0.717) is 21.8 Å². The number of fused-ring (bicyclic) bond motifs is 1. The average molecular weight is 453 g/mol. The number of ether oxygens (including phenoxy) is 1. The van der Waals surface area contributed by atoms with Crippen molar-refractivity contribution in [3.63, 3.8) is 0 Å². The van der Waals surface area contributed by atoms with Crippen molar-refractivity contribution < 1.29 is 18.5 Å². The van der Waals surface area contributed by atoms with Gasteiger partial charge in [0.15, 0.2) is 5.69 Å². The maximum absolute atomic E-state index is 13.0. The molecule has 8 nitrogen and oxygen atoms in total. The summed E-state index contributed by atoms with van der Waals surface area (Å²) in [5.41, 5.74) is 6.07. The number of rotatable bonds is 8. The number of aromatic nitrogens is 2. The Morgan fingerprint density at radius 2 is 2.10 bits per heavy atom. The number of carbonyl (C=O) groups excluding carboxylic acids is 1. The second-order valence-electron chi connectivity index (χ2n) is 6.82. The Bertz CT molecular complexity index is 1100. The van der Waals surface area contributed by atoms with Gasteiger partial charge < -0.3 is 20.9 Å². The van der Waals surface area contributed by atoms with Gasteiger partial charge in [-0.15, -0.1) is 11.3 Å². The van der Waals surface area contributed by atoms with Gasteiger partial charge in [-0.1, -0.05) is 0 Å². The van der Waals surface area contributed by atoms with Crippen LogP contribution in [0, 0.1) is 0 Å². The molecule has 0 aliphatic carbocycles. The quantitative estimate of drug-likeness (QED) is 0.480. The molecule has 160 valence electrons. The number of hydrogen-bond donors (Lipinski definition) is 3. The first-order valence-electron chi connectivity index (χ1n) is 9.07. The molecule has 3 aromatic rings. The van der Waals surface area contributed by atoms with Crippen molar-refractivity contribution in [1.82, 2.24) is 15.1 Å². The fourth-order valence-electron chi connectivity index (χ4n) is 2.74. The highest BCUT2D eigenvalue weighted by atomic mass is 32.2. The van der Waals surface area contributed by atoms with E-state index in [2.05, 4.69) is 10.4 Å². The summed E-state index contributed by atoms with van der Waals surface area (Å²) in [6.45, 7) is 3.59. The fourth-order valence-corrected chi connectivity index (χ4v) is 3.77. The molecule has 0 fully saturated rings. The van der Waals surface area contributed by atoms with Crippen LogP contribution in [0.3, 0.4) is 0 Å². The number of halogens is 1. The lowest BCUT2D eigenvalue weighted by Crippen LogP contribution is -2.33. The molecule has 0 radical (unpaired) electrons. The van der Waals surface area contributed by atoms with Crippen LogP contribution < -0.4 is 21.3 Å². The number of carbonyl (C=O) groups is 1. The third-order valence-corrected chi connectivity index (χ3v) is 5.42. The fraction of sp³-hybridized carbons (Fsp3) is 0.316. The number of nitrogen functional groups attached to an aromatic ring is 1. The third kappa shape index (κ3) is 4.74. The molecule has 1 amide bonds. The number of amides is 1. The van der Waals surface area contributed by atoms with Crippen LogP contribution in [0.4, 0.5) is 8.89 Å². The number of aliphatic hydroxyl groups excluding tert-OH is 1. The molecule has 1 atom stereocenters. The average Bonchev–Trinajstić information content (AvgIpc) is 3.09. The molecule has 2 aromatic heterocycles. The predicted octanol–water partition coefficient (Wildman–Crippen LogP) is 2.53. The molecule has 30 heavy (non-hydrogen) atoms. The van der Waals surface area contributed by atoms with Gasteiger partial charge in [0.05, 0.1) is 27.9 Å². The Morgan fingerprint density at radius 3 is 2.73 bits per heavy atom. The van der Waals surface area contributed by atoms with Gasteiger partial charge in [-0.3, -0.25) is 9.59 Å². The zero-order valence-electron chi connectivity index (χ0n) is 16.3. The monoisotopic (exact) mass is 452 g/mol. The van der Waals surface area contributed by atoms with Gasteiger partial charge in [-0.2, -0.15) is 13.7 Å². The highest BCUT2D eigenvalue weighted by Gasteiger charge is 2.21. The Kier molecular flexibility index (Phi) is 6.95. The summed E-state index contributed by atoms with van der Waals surface area (Å²) >= 11 is 1.21. The predicted molar refractivity (Wildman–Crippen MR) is 117 cm³/mol. The number of hydrogen-bond acceptors (Lipinski definition) is 8. The molecule has 2 heterocycles. The first-order chi connectivity index (χ1) is 14.3. The highest BCUT2D eigenvalue weighted by molar-refractivity contribution is 7.94. The van der Waals surface area contributed by atoms with Gasteiger partial charge >= 0.3 is 0 Å². The van der Waals surface area contributed by atoms with Gasteiger partial charge in [0.2, 0.25) is 0 Å². The Labute approximate surface area is 180 Å². The second-order valence-corrected chi connectivity index (χ2v) is 8.28.